The first-order valence-corrected chi connectivity index (χ1v) is 6.64. The second kappa shape index (κ2) is 6.30. The highest BCUT2D eigenvalue weighted by Crippen LogP contribution is 2.18. The van der Waals surface area contributed by atoms with Crippen LogP contribution in [0.25, 0.3) is 0 Å². The van der Waals surface area contributed by atoms with E-state index in [1.54, 1.807) is 0 Å². The molecule has 0 N–H and O–H groups in total. The van der Waals surface area contributed by atoms with Crippen LogP contribution in [0.5, 0.6) is 0 Å². The van der Waals surface area contributed by atoms with Gasteiger partial charge in [0.2, 0.25) is 0 Å². The van der Waals surface area contributed by atoms with Crippen molar-refractivity contribution in [2.75, 3.05) is 0 Å². The van der Waals surface area contributed by atoms with Crippen LogP contribution in [0.3, 0.4) is 0 Å². The smallest absolute Gasteiger partial charge is 0.0359 e. The second-order valence-electron chi connectivity index (χ2n) is 5.15. The average Bonchev–Trinajstić information content (AvgIpc) is 2.15. The van der Waals surface area contributed by atoms with Gasteiger partial charge < -0.3 is 0 Å². The zero-order valence-corrected chi connectivity index (χ0v) is 11.6. The molecule has 0 nitrogen and oxygen atoms in total. The van der Waals surface area contributed by atoms with Crippen molar-refractivity contribution in [1.82, 2.24) is 0 Å². The molecule has 0 radical (unpaired) electrons. The first-order valence-electron chi connectivity index (χ1n) is 6.20. The number of alkyl halides is 1. The fourth-order valence-electron chi connectivity index (χ4n) is 2.05. The summed E-state index contributed by atoms with van der Waals surface area (Å²) in [5.41, 5.74) is 4.17. The molecule has 0 aliphatic carbocycles. The van der Waals surface area contributed by atoms with Crippen LogP contribution < -0.4 is 0 Å². The summed E-state index contributed by atoms with van der Waals surface area (Å²) in [7, 11) is 0. The van der Waals surface area contributed by atoms with Crippen LogP contribution in [0.4, 0.5) is 0 Å². The van der Waals surface area contributed by atoms with Crippen LogP contribution in [0.2, 0.25) is 0 Å². The van der Waals surface area contributed by atoms with Crippen LogP contribution >= 0.6 is 11.6 Å². The molecule has 0 aliphatic rings. The number of benzene rings is 1. The average molecular weight is 239 g/mol. The number of rotatable bonds is 5. The Hall–Kier alpha value is -0.490. The van der Waals surface area contributed by atoms with E-state index in [1.807, 2.05) is 0 Å². The molecular formula is C15H23Cl. The molecule has 0 fully saturated rings. The van der Waals surface area contributed by atoms with Crippen molar-refractivity contribution < 1.29 is 0 Å². The summed E-state index contributed by atoms with van der Waals surface area (Å²) in [5, 5.41) is 0.325. The summed E-state index contributed by atoms with van der Waals surface area (Å²) in [5.74, 6) is 0.584. The van der Waals surface area contributed by atoms with E-state index in [4.69, 9.17) is 11.6 Å². The molecule has 16 heavy (non-hydrogen) atoms. The fraction of sp³-hybridized carbons (Fsp3) is 0.600. The SMILES string of the molecule is Cc1cc(C)cc(CCCC(Cl)C(C)C)c1. The minimum Gasteiger partial charge on any atom is -0.123 e. The highest BCUT2D eigenvalue weighted by Gasteiger charge is 2.08. The van der Waals surface area contributed by atoms with Gasteiger partial charge in [0.05, 0.1) is 0 Å². The Labute approximate surface area is 105 Å². The molecule has 0 aromatic heterocycles. The normalized spacial score (nSPS) is 13.1. The molecule has 0 aliphatic heterocycles. The van der Waals surface area contributed by atoms with Crippen LogP contribution in [0.1, 0.15) is 43.4 Å². The highest BCUT2D eigenvalue weighted by molar-refractivity contribution is 6.20. The molecule has 1 aromatic rings. The fourth-order valence-corrected chi connectivity index (χ4v) is 2.20. The van der Waals surface area contributed by atoms with Crippen molar-refractivity contribution in [2.45, 2.75) is 52.3 Å². The molecular weight excluding hydrogens is 216 g/mol. The maximum absolute atomic E-state index is 6.24. The third kappa shape index (κ3) is 4.57. The molecule has 0 bridgehead atoms. The Bertz CT molecular complexity index is 308. The van der Waals surface area contributed by atoms with E-state index in [2.05, 4.69) is 45.9 Å². The maximum Gasteiger partial charge on any atom is 0.0359 e. The predicted octanol–water partition coefficient (Wildman–Crippen LogP) is 4.89. The summed E-state index contributed by atoms with van der Waals surface area (Å²) >= 11 is 6.24. The van der Waals surface area contributed by atoms with Gasteiger partial charge in [-0.1, -0.05) is 43.2 Å². The van der Waals surface area contributed by atoms with Gasteiger partial charge in [0.15, 0.2) is 0 Å². The zero-order chi connectivity index (χ0) is 12.1. The molecule has 1 heteroatoms. The Balaban J connectivity index is 2.43. The van der Waals surface area contributed by atoms with Gasteiger partial charge in [0, 0.05) is 5.38 Å². The van der Waals surface area contributed by atoms with Crippen LogP contribution in [-0.2, 0) is 6.42 Å². The monoisotopic (exact) mass is 238 g/mol. The topological polar surface area (TPSA) is 0 Å². The molecule has 0 saturated heterocycles. The predicted molar refractivity (Wildman–Crippen MR) is 73.3 cm³/mol. The molecule has 0 amide bonds. The summed E-state index contributed by atoms with van der Waals surface area (Å²) in [6.07, 6.45) is 3.46. The number of hydrogen-bond donors (Lipinski definition) is 0. The Kier molecular flexibility index (Phi) is 5.34. The second-order valence-corrected chi connectivity index (χ2v) is 5.71. The summed E-state index contributed by atoms with van der Waals surface area (Å²) < 4.78 is 0. The van der Waals surface area contributed by atoms with Gasteiger partial charge in [0.25, 0.3) is 0 Å². The minimum absolute atomic E-state index is 0.325. The largest absolute Gasteiger partial charge is 0.123 e. The highest BCUT2D eigenvalue weighted by atomic mass is 35.5. The lowest BCUT2D eigenvalue weighted by molar-refractivity contribution is 0.547. The van der Waals surface area contributed by atoms with Crippen molar-refractivity contribution >= 4 is 11.6 Å². The standard InChI is InChI=1S/C15H23Cl/c1-11(2)15(16)7-5-6-14-9-12(3)8-13(4)10-14/h8-11,15H,5-7H2,1-4H3. The van der Waals surface area contributed by atoms with Gasteiger partial charge in [-0.05, 0) is 44.6 Å². The van der Waals surface area contributed by atoms with Gasteiger partial charge in [0.1, 0.15) is 0 Å². The lowest BCUT2D eigenvalue weighted by Gasteiger charge is -2.13. The van der Waals surface area contributed by atoms with E-state index >= 15 is 0 Å². The van der Waals surface area contributed by atoms with Crippen LogP contribution in [0.15, 0.2) is 18.2 Å². The van der Waals surface area contributed by atoms with Crippen molar-refractivity contribution in [3.05, 3.63) is 34.9 Å². The molecule has 1 unspecified atom stereocenters. The molecule has 90 valence electrons. The summed E-state index contributed by atoms with van der Waals surface area (Å²) in [4.78, 5) is 0. The minimum atomic E-state index is 0.325. The van der Waals surface area contributed by atoms with Crippen molar-refractivity contribution in [3.63, 3.8) is 0 Å². The van der Waals surface area contributed by atoms with Crippen molar-refractivity contribution in [1.29, 1.82) is 0 Å². The van der Waals surface area contributed by atoms with E-state index in [0.29, 0.717) is 11.3 Å². The molecule has 1 rings (SSSR count). The maximum atomic E-state index is 6.24. The molecule has 1 aromatic carbocycles. The molecule has 0 heterocycles. The Morgan fingerprint density at radius 2 is 1.62 bits per heavy atom. The number of halogens is 1. The van der Waals surface area contributed by atoms with E-state index in [-0.39, 0.29) is 0 Å². The number of aryl methyl sites for hydroxylation is 3. The third-order valence-electron chi connectivity index (χ3n) is 2.95. The summed E-state index contributed by atoms with van der Waals surface area (Å²) in [6, 6.07) is 6.79. The molecule has 0 saturated carbocycles. The van der Waals surface area contributed by atoms with Crippen LogP contribution in [0, 0.1) is 19.8 Å². The lowest BCUT2D eigenvalue weighted by Crippen LogP contribution is -2.07. The quantitative estimate of drug-likeness (QED) is 0.641. The Morgan fingerprint density at radius 3 is 2.12 bits per heavy atom. The summed E-state index contributed by atoms with van der Waals surface area (Å²) in [6.45, 7) is 8.70. The first-order chi connectivity index (χ1) is 7.49. The van der Waals surface area contributed by atoms with Gasteiger partial charge in [-0.2, -0.15) is 0 Å². The van der Waals surface area contributed by atoms with E-state index < -0.39 is 0 Å². The number of hydrogen-bond acceptors (Lipinski definition) is 0. The van der Waals surface area contributed by atoms with E-state index in [9.17, 15) is 0 Å². The molecule has 0 spiro atoms. The first kappa shape index (κ1) is 13.6. The van der Waals surface area contributed by atoms with Gasteiger partial charge in [-0.3, -0.25) is 0 Å². The molecule has 1 atom stereocenters. The van der Waals surface area contributed by atoms with Crippen molar-refractivity contribution in [2.24, 2.45) is 5.92 Å². The third-order valence-corrected chi connectivity index (χ3v) is 3.67. The zero-order valence-electron chi connectivity index (χ0n) is 10.9. The van der Waals surface area contributed by atoms with Crippen LogP contribution in [-0.4, -0.2) is 5.38 Å². The van der Waals surface area contributed by atoms with E-state index in [0.717, 1.165) is 12.8 Å². The van der Waals surface area contributed by atoms with Gasteiger partial charge >= 0.3 is 0 Å². The van der Waals surface area contributed by atoms with Gasteiger partial charge in [-0.15, -0.1) is 11.6 Å². The lowest BCUT2D eigenvalue weighted by atomic mass is 9.99. The van der Waals surface area contributed by atoms with Gasteiger partial charge in [-0.25, -0.2) is 0 Å². The Morgan fingerprint density at radius 1 is 1.06 bits per heavy atom. The van der Waals surface area contributed by atoms with Crippen molar-refractivity contribution in [3.8, 4) is 0 Å². The van der Waals surface area contributed by atoms with E-state index in [1.165, 1.54) is 23.1 Å².